The number of unbranched alkanes of at least 4 members (excludes halogenated alkanes) is 1. The molecule has 56 valence electrons. The average Bonchev–Trinajstić information content (AvgIpc) is 1.66. The zero-order chi connectivity index (χ0) is 7.70. The molecule has 0 radical (unpaired) electrons. The Balaban J connectivity index is -0.0000000383. The van der Waals surface area contributed by atoms with Crippen molar-refractivity contribution >= 4 is 6.16 Å². The SMILES string of the molecule is CCCCO.O=C([O-])[O-].[K+].[K+]. The van der Waals surface area contributed by atoms with E-state index >= 15 is 0 Å². The summed E-state index contributed by atoms with van der Waals surface area (Å²) >= 11 is 0. The summed E-state index contributed by atoms with van der Waals surface area (Å²) in [5, 5.41) is 24.7. The molecule has 0 heterocycles. The van der Waals surface area contributed by atoms with Crippen molar-refractivity contribution in [3.8, 4) is 0 Å². The van der Waals surface area contributed by atoms with Crippen molar-refractivity contribution in [3.05, 3.63) is 0 Å². The Morgan fingerprint density at radius 1 is 1.36 bits per heavy atom. The van der Waals surface area contributed by atoms with Crippen LogP contribution >= 0.6 is 0 Å². The van der Waals surface area contributed by atoms with E-state index in [1.54, 1.807) is 0 Å². The fraction of sp³-hybridized carbons (Fsp3) is 0.800. The predicted molar refractivity (Wildman–Crippen MR) is 27.4 cm³/mol. The number of carboxylic acid groups (broad SMARTS) is 2. The van der Waals surface area contributed by atoms with Gasteiger partial charge in [-0.25, -0.2) is 0 Å². The summed E-state index contributed by atoms with van der Waals surface area (Å²) in [6, 6.07) is 0. The van der Waals surface area contributed by atoms with Gasteiger partial charge in [0.25, 0.3) is 0 Å². The largest absolute Gasteiger partial charge is 1.00 e. The molecule has 6 heteroatoms. The van der Waals surface area contributed by atoms with Gasteiger partial charge >= 0.3 is 103 Å². The molecule has 0 unspecified atom stereocenters. The zero-order valence-corrected chi connectivity index (χ0v) is 13.5. The molecular weight excluding hydrogens is 202 g/mol. The number of rotatable bonds is 2. The van der Waals surface area contributed by atoms with Crippen molar-refractivity contribution in [2.45, 2.75) is 19.8 Å². The Kier molecular flexibility index (Phi) is 48.6. The molecule has 0 atom stereocenters. The number of aliphatic hydroxyl groups excluding tert-OH is 1. The van der Waals surface area contributed by atoms with Crippen LogP contribution in [0.3, 0.4) is 0 Å². The maximum absolute atomic E-state index is 8.33. The van der Waals surface area contributed by atoms with Gasteiger partial charge in [0.05, 0.1) is 0 Å². The maximum Gasteiger partial charge on any atom is 1.00 e. The fourth-order valence-corrected chi connectivity index (χ4v) is 0.158. The molecule has 4 nitrogen and oxygen atoms in total. The molecule has 11 heavy (non-hydrogen) atoms. The molecule has 1 N–H and O–H groups in total. The first-order valence-corrected chi connectivity index (χ1v) is 2.64. The van der Waals surface area contributed by atoms with Crippen molar-refractivity contribution in [2.24, 2.45) is 0 Å². The van der Waals surface area contributed by atoms with E-state index in [0.29, 0.717) is 6.61 Å². The third kappa shape index (κ3) is 68.0. The molecule has 0 aliphatic carbocycles. The Morgan fingerprint density at radius 3 is 1.64 bits per heavy atom. The topological polar surface area (TPSA) is 83.4 Å². The van der Waals surface area contributed by atoms with Crippen LogP contribution in [0.4, 0.5) is 4.79 Å². The van der Waals surface area contributed by atoms with E-state index in [9.17, 15) is 0 Å². The number of carbonyl (C=O) groups is 1. The number of carbonyl (C=O) groups excluding carboxylic acids is 1. The van der Waals surface area contributed by atoms with Gasteiger partial charge in [0, 0.05) is 6.61 Å². The maximum atomic E-state index is 8.33. The van der Waals surface area contributed by atoms with Gasteiger partial charge in [-0.2, -0.15) is 0 Å². The van der Waals surface area contributed by atoms with Gasteiger partial charge in [-0.05, 0) is 12.6 Å². The van der Waals surface area contributed by atoms with Gasteiger partial charge in [0.1, 0.15) is 0 Å². The van der Waals surface area contributed by atoms with Crippen molar-refractivity contribution in [1.82, 2.24) is 0 Å². The molecule has 0 saturated heterocycles. The Labute approximate surface area is 152 Å². The van der Waals surface area contributed by atoms with E-state index in [-0.39, 0.29) is 103 Å². The third-order valence-electron chi connectivity index (χ3n) is 0.512. The molecule has 0 spiro atoms. The number of hydrogen-bond acceptors (Lipinski definition) is 4. The van der Waals surface area contributed by atoms with Crippen LogP contribution in [0.15, 0.2) is 0 Å². The van der Waals surface area contributed by atoms with Crippen molar-refractivity contribution in [2.75, 3.05) is 6.61 Å². The molecule has 0 fully saturated rings. The Morgan fingerprint density at radius 2 is 1.64 bits per heavy atom. The average molecular weight is 212 g/mol. The van der Waals surface area contributed by atoms with Gasteiger partial charge in [0.15, 0.2) is 0 Å². The van der Waals surface area contributed by atoms with Crippen LogP contribution in [0.25, 0.3) is 0 Å². The summed E-state index contributed by atoms with van der Waals surface area (Å²) in [6.07, 6.45) is -0.295. The van der Waals surface area contributed by atoms with E-state index in [0.717, 1.165) is 12.8 Å². The summed E-state index contributed by atoms with van der Waals surface area (Å²) < 4.78 is 0. The summed E-state index contributed by atoms with van der Waals surface area (Å²) in [5.74, 6) is 0. The summed E-state index contributed by atoms with van der Waals surface area (Å²) in [4.78, 5) is 8.33. The molecule has 0 amide bonds. The molecule has 0 aliphatic heterocycles. The van der Waals surface area contributed by atoms with Crippen LogP contribution in [0.1, 0.15) is 19.8 Å². The van der Waals surface area contributed by atoms with Gasteiger partial charge < -0.3 is 20.1 Å². The van der Waals surface area contributed by atoms with E-state index in [4.69, 9.17) is 20.1 Å². The van der Waals surface area contributed by atoms with Gasteiger partial charge in [-0.1, -0.05) is 13.3 Å². The monoisotopic (exact) mass is 212 g/mol. The summed E-state index contributed by atoms with van der Waals surface area (Å²) in [6.45, 7) is 2.40. The molecule has 0 saturated carbocycles. The Hall–Kier alpha value is 2.50. The minimum Gasteiger partial charge on any atom is -0.652 e. The minimum atomic E-state index is -2.33. The third-order valence-corrected chi connectivity index (χ3v) is 0.512. The first-order valence-electron chi connectivity index (χ1n) is 2.64. The zero-order valence-electron chi connectivity index (χ0n) is 7.29. The number of aliphatic hydroxyl groups is 1. The summed E-state index contributed by atoms with van der Waals surface area (Å²) in [5.41, 5.74) is 0. The van der Waals surface area contributed by atoms with Gasteiger partial charge in [0.2, 0.25) is 0 Å². The minimum absolute atomic E-state index is 0. The second-order valence-electron chi connectivity index (χ2n) is 1.33. The second-order valence-corrected chi connectivity index (χ2v) is 1.33. The molecule has 0 aromatic heterocycles. The van der Waals surface area contributed by atoms with E-state index < -0.39 is 6.16 Å². The standard InChI is InChI=1S/C4H10O.CH2O3.2K/c1-2-3-4-5;2-1(3)4;;/h5H,2-4H2,1H3;(H2,2,3,4);;/q;;2*+1/p-2. The van der Waals surface area contributed by atoms with Crippen molar-refractivity contribution in [3.63, 3.8) is 0 Å². The van der Waals surface area contributed by atoms with Crippen LogP contribution in [0, 0.1) is 0 Å². The van der Waals surface area contributed by atoms with Crippen LogP contribution in [0.5, 0.6) is 0 Å². The van der Waals surface area contributed by atoms with Crippen LogP contribution in [-0.2, 0) is 0 Å². The van der Waals surface area contributed by atoms with Crippen molar-refractivity contribution < 1.29 is 123 Å². The first kappa shape index (κ1) is 23.4. The predicted octanol–water partition coefficient (Wildman–Crippen LogP) is -7.66. The van der Waals surface area contributed by atoms with E-state index in [1.807, 2.05) is 0 Å². The van der Waals surface area contributed by atoms with Gasteiger partial charge in [-0.3, -0.25) is 0 Å². The molecular formula is C5H10K2O4. The molecule has 0 aromatic carbocycles. The first-order chi connectivity index (χ1) is 4.15. The Bertz CT molecular complexity index is 63.5. The van der Waals surface area contributed by atoms with E-state index in [1.165, 1.54) is 0 Å². The summed E-state index contributed by atoms with van der Waals surface area (Å²) in [7, 11) is 0. The molecule has 0 bridgehead atoms. The van der Waals surface area contributed by atoms with Crippen LogP contribution < -0.4 is 113 Å². The number of hydrogen-bond donors (Lipinski definition) is 1. The van der Waals surface area contributed by atoms with Crippen LogP contribution in [-0.4, -0.2) is 17.9 Å². The van der Waals surface area contributed by atoms with Gasteiger partial charge in [-0.15, -0.1) is 0 Å². The molecule has 0 aliphatic rings. The molecule has 0 aromatic rings. The second kappa shape index (κ2) is 22.9. The quantitative estimate of drug-likeness (QED) is 0.461. The van der Waals surface area contributed by atoms with Crippen molar-refractivity contribution in [1.29, 1.82) is 0 Å². The smallest absolute Gasteiger partial charge is 0.652 e. The normalized spacial score (nSPS) is 6.00. The fourth-order valence-electron chi connectivity index (χ4n) is 0.158. The molecule has 0 rings (SSSR count). The van der Waals surface area contributed by atoms with E-state index in [2.05, 4.69) is 6.92 Å². The van der Waals surface area contributed by atoms with Crippen LogP contribution in [0.2, 0.25) is 0 Å².